The van der Waals surface area contributed by atoms with Gasteiger partial charge in [0, 0.05) is 24.6 Å². The van der Waals surface area contributed by atoms with Gasteiger partial charge < -0.3 is 10.1 Å². The molecule has 0 radical (unpaired) electrons. The molecule has 0 bridgehead atoms. The Kier molecular flexibility index (Phi) is 6.02. The number of nitrogens with one attached hydrogen (secondary N) is 1. The van der Waals surface area contributed by atoms with Crippen LogP contribution in [0.5, 0.6) is 5.75 Å². The first-order valence-electron chi connectivity index (χ1n) is 10.8. The highest BCUT2D eigenvalue weighted by molar-refractivity contribution is 5.75. The van der Waals surface area contributed by atoms with Crippen LogP contribution in [-0.4, -0.2) is 33.9 Å². The minimum absolute atomic E-state index is 0.0713. The highest BCUT2D eigenvalue weighted by atomic mass is 16.5. The fourth-order valence-electron chi connectivity index (χ4n) is 4.19. The molecule has 0 spiro atoms. The van der Waals surface area contributed by atoms with Gasteiger partial charge in [0.15, 0.2) is 5.82 Å². The minimum atomic E-state index is -0.0986. The molecule has 2 aliphatic carbocycles. The molecule has 1 heterocycles. The number of benzene rings is 1. The van der Waals surface area contributed by atoms with Crippen LogP contribution in [0.4, 0.5) is 0 Å². The van der Waals surface area contributed by atoms with Crippen molar-refractivity contribution in [1.29, 1.82) is 0 Å². The van der Waals surface area contributed by atoms with E-state index in [4.69, 9.17) is 4.74 Å². The number of methoxy groups -OCH3 is 1. The number of hydrogen-bond acceptors (Lipinski definition) is 4. The van der Waals surface area contributed by atoms with Gasteiger partial charge in [-0.2, -0.15) is 0 Å². The Morgan fingerprint density at radius 1 is 1.17 bits per heavy atom. The molecule has 2 saturated carbocycles. The van der Waals surface area contributed by atoms with Crippen LogP contribution in [0.3, 0.4) is 0 Å². The maximum Gasteiger partial charge on any atom is 0.346 e. The van der Waals surface area contributed by atoms with Crippen LogP contribution >= 0.6 is 0 Å². The van der Waals surface area contributed by atoms with Crippen LogP contribution in [0.25, 0.3) is 11.4 Å². The molecule has 0 unspecified atom stereocenters. The van der Waals surface area contributed by atoms with Gasteiger partial charge in [-0.1, -0.05) is 25.7 Å². The summed E-state index contributed by atoms with van der Waals surface area (Å²) in [6.45, 7) is 0.810. The second-order valence-corrected chi connectivity index (χ2v) is 8.20. The lowest BCUT2D eigenvalue weighted by Gasteiger charge is -2.08. The molecule has 4 rings (SSSR count). The maximum atomic E-state index is 12.9. The SMILES string of the molecule is COc1ccc(-c2nn(CCNC(=O)CCC3CCCC3)c(=O)n2C2CC2)cc1. The minimum Gasteiger partial charge on any atom is -0.497 e. The first-order chi connectivity index (χ1) is 14.2. The lowest BCUT2D eigenvalue weighted by Crippen LogP contribution is -2.32. The zero-order valence-corrected chi connectivity index (χ0v) is 17.1. The molecule has 1 aromatic carbocycles. The summed E-state index contributed by atoms with van der Waals surface area (Å²) in [7, 11) is 1.63. The topological polar surface area (TPSA) is 78.2 Å². The number of hydrogen-bond donors (Lipinski definition) is 1. The summed E-state index contributed by atoms with van der Waals surface area (Å²) < 4.78 is 8.49. The fourth-order valence-corrected chi connectivity index (χ4v) is 4.19. The van der Waals surface area contributed by atoms with Gasteiger partial charge in [-0.15, -0.1) is 5.10 Å². The number of ether oxygens (including phenoxy) is 1. The average Bonchev–Trinajstić information content (AvgIpc) is 3.33. The van der Waals surface area contributed by atoms with Crippen LogP contribution < -0.4 is 15.7 Å². The second kappa shape index (κ2) is 8.84. The summed E-state index contributed by atoms with van der Waals surface area (Å²) in [5.74, 6) is 2.24. The molecule has 2 fully saturated rings. The van der Waals surface area contributed by atoms with E-state index in [2.05, 4.69) is 10.4 Å². The third-order valence-corrected chi connectivity index (χ3v) is 6.03. The average molecular weight is 399 g/mol. The van der Waals surface area contributed by atoms with Crippen molar-refractivity contribution in [3.05, 3.63) is 34.7 Å². The van der Waals surface area contributed by atoms with E-state index >= 15 is 0 Å². The lowest BCUT2D eigenvalue weighted by molar-refractivity contribution is -0.121. The van der Waals surface area contributed by atoms with Gasteiger partial charge in [-0.05, 0) is 49.4 Å². The number of nitrogens with zero attached hydrogens (tertiary/aromatic N) is 3. The van der Waals surface area contributed by atoms with E-state index in [0.717, 1.165) is 30.6 Å². The van der Waals surface area contributed by atoms with Crippen molar-refractivity contribution in [2.24, 2.45) is 5.92 Å². The van der Waals surface area contributed by atoms with Crippen molar-refractivity contribution in [2.45, 2.75) is 64.0 Å². The highest BCUT2D eigenvalue weighted by Crippen LogP contribution is 2.36. The summed E-state index contributed by atoms with van der Waals surface area (Å²) in [6.07, 6.45) is 8.69. The Labute approximate surface area is 171 Å². The van der Waals surface area contributed by atoms with Crippen molar-refractivity contribution in [3.8, 4) is 17.1 Å². The molecule has 1 aromatic heterocycles. The van der Waals surface area contributed by atoms with E-state index in [0.29, 0.717) is 31.3 Å². The number of carbonyl (C=O) groups is 1. The second-order valence-electron chi connectivity index (χ2n) is 8.20. The molecule has 2 aromatic rings. The molecular weight excluding hydrogens is 368 g/mol. The Hall–Kier alpha value is -2.57. The predicted octanol–water partition coefficient (Wildman–Crippen LogP) is 3.14. The molecular formula is C22H30N4O3. The van der Waals surface area contributed by atoms with Gasteiger partial charge in [0.1, 0.15) is 5.75 Å². The van der Waals surface area contributed by atoms with Crippen LogP contribution in [0.1, 0.15) is 57.4 Å². The quantitative estimate of drug-likeness (QED) is 0.704. The molecule has 0 saturated heterocycles. The standard InChI is InChI=1S/C22H30N4O3/c1-29-19-11-7-17(8-12-19)21-24-25(22(28)26(21)18-9-10-18)15-14-23-20(27)13-6-16-4-2-3-5-16/h7-8,11-12,16,18H,2-6,9-10,13-15H2,1H3,(H,23,27). The molecule has 156 valence electrons. The molecule has 0 atom stereocenters. The Morgan fingerprint density at radius 2 is 1.90 bits per heavy atom. The van der Waals surface area contributed by atoms with Gasteiger partial charge in [0.2, 0.25) is 5.91 Å². The summed E-state index contributed by atoms with van der Waals surface area (Å²) >= 11 is 0. The predicted molar refractivity (Wildman–Crippen MR) is 111 cm³/mol. The van der Waals surface area contributed by atoms with E-state index in [-0.39, 0.29) is 17.6 Å². The highest BCUT2D eigenvalue weighted by Gasteiger charge is 2.30. The van der Waals surface area contributed by atoms with Crippen molar-refractivity contribution in [3.63, 3.8) is 0 Å². The molecule has 7 heteroatoms. The summed E-state index contributed by atoms with van der Waals surface area (Å²) in [6, 6.07) is 7.83. The monoisotopic (exact) mass is 398 g/mol. The molecule has 1 N–H and O–H groups in total. The molecule has 29 heavy (non-hydrogen) atoms. The molecule has 7 nitrogen and oxygen atoms in total. The van der Waals surface area contributed by atoms with Gasteiger partial charge in [0.25, 0.3) is 0 Å². The van der Waals surface area contributed by atoms with E-state index in [1.165, 1.54) is 30.4 Å². The van der Waals surface area contributed by atoms with Gasteiger partial charge in [-0.3, -0.25) is 9.36 Å². The molecule has 2 aliphatic rings. The van der Waals surface area contributed by atoms with Gasteiger partial charge in [-0.25, -0.2) is 9.48 Å². The summed E-state index contributed by atoms with van der Waals surface area (Å²) in [5, 5.41) is 7.52. The van der Waals surface area contributed by atoms with E-state index in [1.807, 2.05) is 24.3 Å². The van der Waals surface area contributed by atoms with E-state index < -0.39 is 0 Å². The van der Waals surface area contributed by atoms with Crippen molar-refractivity contribution < 1.29 is 9.53 Å². The number of aromatic nitrogens is 3. The van der Waals surface area contributed by atoms with Crippen molar-refractivity contribution in [2.75, 3.05) is 13.7 Å². The van der Waals surface area contributed by atoms with Gasteiger partial charge >= 0.3 is 5.69 Å². The largest absolute Gasteiger partial charge is 0.497 e. The number of rotatable bonds is 9. The van der Waals surface area contributed by atoms with Crippen LogP contribution in [0.2, 0.25) is 0 Å². The smallest absolute Gasteiger partial charge is 0.346 e. The fraction of sp³-hybridized carbons (Fsp3) is 0.591. The van der Waals surface area contributed by atoms with Crippen LogP contribution in [0.15, 0.2) is 29.1 Å². The first kappa shape index (κ1) is 19.7. The zero-order chi connectivity index (χ0) is 20.2. The molecule has 1 amide bonds. The Bertz CT molecular complexity index is 890. The normalized spacial score (nSPS) is 16.9. The van der Waals surface area contributed by atoms with E-state index in [1.54, 1.807) is 11.7 Å². The Balaban J connectivity index is 1.38. The Morgan fingerprint density at radius 3 is 2.55 bits per heavy atom. The summed E-state index contributed by atoms with van der Waals surface area (Å²) in [4.78, 5) is 25.0. The summed E-state index contributed by atoms with van der Waals surface area (Å²) in [5.41, 5.74) is 0.799. The molecule has 0 aliphatic heterocycles. The third kappa shape index (κ3) is 4.71. The zero-order valence-electron chi connectivity index (χ0n) is 17.1. The van der Waals surface area contributed by atoms with Crippen LogP contribution in [-0.2, 0) is 11.3 Å². The van der Waals surface area contributed by atoms with E-state index in [9.17, 15) is 9.59 Å². The number of amides is 1. The van der Waals surface area contributed by atoms with Crippen molar-refractivity contribution >= 4 is 5.91 Å². The van der Waals surface area contributed by atoms with Crippen molar-refractivity contribution in [1.82, 2.24) is 19.7 Å². The van der Waals surface area contributed by atoms with Crippen LogP contribution in [0, 0.1) is 5.92 Å². The third-order valence-electron chi connectivity index (χ3n) is 6.03. The number of carbonyl (C=O) groups excluding carboxylic acids is 1. The first-order valence-corrected chi connectivity index (χ1v) is 10.8. The maximum absolute atomic E-state index is 12.9. The van der Waals surface area contributed by atoms with Gasteiger partial charge in [0.05, 0.1) is 13.7 Å². The lowest BCUT2D eigenvalue weighted by atomic mass is 10.0.